The number of thiazole rings is 1. The number of nitrogens with two attached hydrogens (primary N) is 1. The fourth-order valence-electron chi connectivity index (χ4n) is 2.83. The van der Waals surface area contributed by atoms with Crippen molar-refractivity contribution < 1.29 is 0 Å². The third kappa shape index (κ3) is 1.94. The maximum atomic E-state index is 6.26. The van der Waals surface area contributed by atoms with Gasteiger partial charge in [-0.2, -0.15) is 0 Å². The highest BCUT2D eigenvalue weighted by molar-refractivity contribution is 7.22. The summed E-state index contributed by atoms with van der Waals surface area (Å²) in [5.41, 5.74) is 9.88. The van der Waals surface area contributed by atoms with Gasteiger partial charge in [0.15, 0.2) is 0 Å². The molecular formula is C15H13ClN2S2. The van der Waals surface area contributed by atoms with Crippen LogP contribution in [-0.2, 0) is 12.8 Å². The first-order valence-electron chi connectivity index (χ1n) is 6.69. The van der Waals surface area contributed by atoms with E-state index >= 15 is 0 Å². The summed E-state index contributed by atoms with van der Waals surface area (Å²) >= 11 is 9.49. The minimum absolute atomic E-state index is 0.757. The van der Waals surface area contributed by atoms with Crippen LogP contribution in [0.25, 0.3) is 20.8 Å². The van der Waals surface area contributed by atoms with Crippen molar-refractivity contribution >= 4 is 49.5 Å². The average molecular weight is 321 g/mol. The van der Waals surface area contributed by atoms with E-state index in [4.69, 9.17) is 22.3 Å². The predicted octanol–water partition coefficient (Wildman–Crippen LogP) is 5.14. The second-order valence-corrected chi connectivity index (χ2v) is 7.69. The van der Waals surface area contributed by atoms with Crippen LogP contribution in [0.15, 0.2) is 18.2 Å². The molecule has 0 atom stereocenters. The molecule has 102 valence electrons. The number of hydrogen-bond acceptors (Lipinski definition) is 4. The highest BCUT2D eigenvalue weighted by Crippen LogP contribution is 2.44. The van der Waals surface area contributed by atoms with E-state index < -0.39 is 0 Å². The van der Waals surface area contributed by atoms with Gasteiger partial charge in [0, 0.05) is 15.5 Å². The van der Waals surface area contributed by atoms with E-state index in [0.717, 1.165) is 31.7 Å². The Hall–Kier alpha value is -1.10. The van der Waals surface area contributed by atoms with Crippen molar-refractivity contribution in [2.24, 2.45) is 0 Å². The van der Waals surface area contributed by atoms with Gasteiger partial charge < -0.3 is 5.73 Å². The minimum Gasteiger partial charge on any atom is -0.390 e. The Kier molecular flexibility index (Phi) is 2.98. The van der Waals surface area contributed by atoms with Crippen LogP contribution in [0.3, 0.4) is 0 Å². The lowest BCUT2D eigenvalue weighted by Gasteiger charge is -2.11. The zero-order valence-corrected chi connectivity index (χ0v) is 13.2. The lowest BCUT2D eigenvalue weighted by molar-refractivity contribution is 0.698. The molecule has 0 amide bonds. The number of anilines is 1. The summed E-state index contributed by atoms with van der Waals surface area (Å²) in [5, 5.41) is 2.72. The topological polar surface area (TPSA) is 38.9 Å². The van der Waals surface area contributed by atoms with Crippen molar-refractivity contribution in [3.63, 3.8) is 0 Å². The summed E-state index contributed by atoms with van der Waals surface area (Å²) in [6.07, 6.45) is 4.84. The molecule has 3 aromatic rings. The SMILES string of the molecule is Nc1sc2c(c1-c1nc3ccc(Cl)cc3s1)CCCC2. The number of thiophene rings is 1. The molecule has 0 aliphatic heterocycles. The van der Waals surface area contributed by atoms with E-state index in [-0.39, 0.29) is 0 Å². The molecule has 1 aliphatic carbocycles. The van der Waals surface area contributed by atoms with Gasteiger partial charge in [-0.25, -0.2) is 4.98 Å². The van der Waals surface area contributed by atoms with E-state index in [1.807, 2.05) is 18.2 Å². The van der Waals surface area contributed by atoms with Gasteiger partial charge in [0.25, 0.3) is 0 Å². The Morgan fingerprint density at radius 3 is 2.90 bits per heavy atom. The lowest BCUT2D eigenvalue weighted by atomic mass is 9.96. The number of nitrogen functional groups attached to an aromatic ring is 1. The first-order valence-corrected chi connectivity index (χ1v) is 8.70. The number of hydrogen-bond donors (Lipinski definition) is 1. The number of nitrogens with zero attached hydrogens (tertiary/aromatic N) is 1. The van der Waals surface area contributed by atoms with Gasteiger partial charge in [-0.1, -0.05) is 11.6 Å². The standard InChI is InChI=1S/C15H13ClN2S2/c16-8-5-6-10-12(7-8)20-15(18-10)13-9-3-1-2-4-11(9)19-14(13)17/h5-7H,1-4,17H2. The van der Waals surface area contributed by atoms with Crippen molar-refractivity contribution in [1.82, 2.24) is 4.98 Å². The highest BCUT2D eigenvalue weighted by atomic mass is 35.5. The van der Waals surface area contributed by atoms with Gasteiger partial charge in [0.2, 0.25) is 0 Å². The van der Waals surface area contributed by atoms with Crippen LogP contribution in [0.1, 0.15) is 23.3 Å². The molecule has 1 aromatic carbocycles. The zero-order valence-electron chi connectivity index (χ0n) is 10.8. The summed E-state index contributed by atoms with van der Waals surface area (Å²) in [5.74, 6) is 0. The summed E-state index contributed by atoms with van der Waals surface area (Å²) in [4.78, 5) is 6.21. The first-order chi connectivity index (χ1) is 9.72. The molecule has 0 spiro atoms. The van der Waals surface area contributed by atoms with E-state index in [0.29, 0.717) is 0 Å². The molecule has 2 N–H and O–H groups in total. The second-order valence-electron chi connectivity index (χ2n) is 5.08. The van der Waals surface area contributed by atoms with Gasteiger partial charge in [-0.05, 0) is 49.4 Å². The van der Waals surface area contributed by atoms with Crippen molar-refractivity contribution in [3.05, 3.63) is 33.7 Å². The zero-order chi connectivity index (χ0) is 13.7. The molecular weight excluding hydrogens is 308 g/mol. The Labute approximate surface area is 130 Å². The van der Waals surface area contributed by atoms with Crippen molar-refractivity contribution in [2.45, 2.75) is 25.7 Å². The summed E-state index contributed by atoms with van der Waals surface area (Å²) in [7, 11) is 0. The van der Waals surface area contributed by atoms with Crippen LogP contribution >= 0.6 is 34.3 Å². The van der Waals surface area contributed by atoms with E-state index in [1.54, 1.807) is 22.7 Å². The van der Waals surface area contributed by atoms with Crippen molar-refractivity contribution in [1.29, 1.82) is 0 Å². The minimum atomic E-state index is 0.757. The lowest BCUT2D eigenvalue weighted by Crippen LogP contribution is -1.99. The van der Waals surface area contributed by atoms with Crippen LogP contribution < -0.4 is 5.73 Å². The monoisotopic (exact) mass is 320 g/mol. The molecule has 5 heteroatoms. The molecule has 0 saturated heterocycles. The summed E-state index contributed by atoms with van der Waals surface area (Å²) in [6.45, 7) is 0. The molecule has 20 heavy (non-hydrogen) atoms. The van der Waals surface area contributed by atoms with Gasteiger partial charge in [0.05, 0.1) is 15.2 Å². The first kappa shape index (κ1) is 12.6. The van der Waals surface area contributed by atoms with Crippen LogP contribution in [0.5, 0.6) is 0 Å². The molecule has 2 aromatic heterocycles. The molecule has 2 nitrogen and oxygen atoms in total. The maximum Gasteiger partial charge on any atom is 0.127 e. The Morgan fingerprint density at radius 2 is 2.00 bits per heavy atom. The van der Waals surface area contributed by atoms with Crippen LogP contribution in [0.2, 0.25) is 5.02 Å². The number of aryl methyl sites for hydroxylation is 1. The van der Waals surface area contributed by atoms with Crippen LogP contribution in [0.4, 0.5) is 5.00 Å². The molecule has 4 rings (SSSR count). The van der Waals surface area contributed by atoms with E-state index in [1.165, 1.54) is 35.3 Å². The van der Waals surface area contributed by atoms with Crippen LogP contribution in [-0.4, -0.2) is 4.98 Å². The third-order valence-corrected chi connectivity index (χ3v) is 6.15. The number of rotatable bonds is 1. The van der Waals surface area contributed by atoms with Gasteiger partial charge in [-0.3, -0.25) is 0 Å². The maximum absolute atomic E-state index is 6.26. The third-order valence-electron chi connectivity index (χ3n) is 3.76. The fourth-order valence-corrected chi connectivity index (χ4v) is 5.38. The van der Waals surface area contributed by atoms with Crippen LogP contribution in [0, 0.1) is 0 Å². The average Bonchev–Trinajstić information content (AvgIpc) is 2.97. The smallest absolute Gasteiger partial charge is 0.127 e. The molecule has 1 aliphatic rings. The number of benzene rings is 1. The Bertz CT molecular complexity index is 804. The summed E-state index contributed by atoms with van der Waals surface area (Å²) < 4.78 is 1.13. The van der Waals surface area contributed by atoms with Gasteiger partial charge in [0.1, 0.15) is 5.01 Å². The summed E-state index contributed by atoms with van der Waals surface area (Å²) in [6, 6.07) is 5.85. The highest BCUT2D eigenvalue weighted by Gasteiger charge is 2.22. The van der Waals surface area contributed by atoms with E-state index in [2.05, 4.69) is 0 Å². The van der Waals surface area contributed by atoms with E-state index in [9.17, 15) is 0 Å². The molecule has 0 fully saturated rings. The molecule has 0 saturated carbocycles. The second kappa shape index (κ2) is 4.72. The van der Waals surface area contributed by atoms with Gasteiger partial charge >= 0.3 is 0 Å². The van der Waals surface area contributed by atoms with Gasteiger partial charge in [-0.15, -0.1) is 22.7 Å². The Balaban J connectivity index is 1.92. The van der Waals surface area contributed by atoms with Crippen molar-refractivity contribution in [3.8, 4) is 10.6 Å². The normalized spacial score (nSPS) is 14.7. The number of halogens is 1. The quantitative estimate of drug-likeness (QED) is 0.674. The fraction of sp³-hybridized carbons (Fsp3) is 0.267. The molecule has 2 heterocycles. The molecule has 0 radical (unpaired) electrons. The number of aromatic nitrogens is 1. The largest absolute Gasteiger partial charge is 0.390 e. The number of fused-ring (bicyclic) bond motifs is 2. The van der Waals surface area contributed by atoms with Crippen molar-refractivity contribution in [2.75, 3.05) is 5.73 Å². The predicted molar refractivity (Wildman–Crippen MR) is 89.0 cm³/mol. The molecule has 0 unspecified atom stereocenters. The molecule has 0 bridgehead atoms. The Morgan fingerprint density at radius 1 is 1.15 bits per heavy atom.